The Kier molecular flexibility index (Phi) is 4.52. The number of nitrogens with one attached hydrogen (secondary N) is 1. The monoisotopic (exact) mass is 263 g/mol. The van der Waals surface area contributed by atoms with E-state index in [1.165, 1.54) is 6.07 Å². The number of hydrogen-bond donors (Lipinski definition) is 2. The highest BCUT2D eigenvalue weighted by Crippen LogP contribution is 2.24. The summed E-state index contributed by atoms with van der Waals surface area (Å²) in [5, 5.41) is 0. The van der Waals surface area contributed by atoms with Crippen molar-refractivity contribution in [3.05, 3.63) is 36.0 Å². The number of nitrogens with two attached hydrogens (primary N) is 1. The molecule has 0 radical (unpaired) electrons. The van der Waals surface area contributed by atoms with Crippen LogP contribution in [0.2, 0.25) is 0 Å². The maximum Gasteiger partial charge on any atom is 0.165 e. The minimum Gasteiger partial charge on any atom is -0.491 e. The van der Waals surface area contributed by atoms with E-state index in [0.717, 1.165) is 29.9 Å². The Morgan fingerprint density at radius 2 is 2.26 bits per heavy atom. The highest BCUT2D eigenvalue weighted by molar-refractivity contribution is 5.59. The summed E-state index contributed by atoms with van der Waals surface area (Å²) in [4.78, 5) is 7.42. The molecule has 0 atom stereocenters. The molecule has 0 aliphatic rings. The fraction of sp³-hybridized carbons (Fsp3) is 0.357. The molecule has 5 heteroatoms. The number of ether oxygens (including phenoxy) is 1. The average molecular weight is 263 g/mol. The van der Waals surface area contributed by atoms with E-state index in [1.807, 2.05) is 13.0 Å². The van der Waals surface area contributed by atoms with E-state index in [1.54, 1.807) is 12.3 Å². The van der Waals surface area contributed by atoms with Crippen LogP contribution in [0.15, 0.2) is 24.4 Å². The Hall–Kier alpha value is -1.88. The highest BCUT2D eigenvalue weighted by Gasteiger charge is 2.08. The zero-order chi connectivity index (χ0) is 13.7. The standard InChI is InChI=1S/C14H18FN3O/c1-2-19-13-6-5-10(8-11(13)15)12-9-17-14(18-12)4-3-7-16/h5-6,8-9H,2-4,7,16H2,1H3,(H,17,18). The second kappa shape index (κ2) is 6.33. The summed E-state index contributed by atoms with van der Waals surface area (Å²) < 4.78 is 18.9. The molecule has 0 saturated carbocycles. The predicted octanol–water partition coefficient (Wildman–Crippen LogP) is 2.51. The van der Waals surface area contributed by atoms with Crippen molar-refractivity contribution < 1.29 is 9.13 Å². The first-order chi connectivity index (χ1) is 9.24. The van der Waals surface area contributed by atoms with Gasteiger partial charge >= 0.3 is 0 Å². The Balaban J connectivity index is 2.17. The van der Waals surface area contributed by atoms with Gasteiger partial charge in [0.2, 0.25) is 0 Å². The number of imidazole rings is 1. The van der Waals surface area contributed by atoms with Crippen LogP contribution in [0.1, 0.15) is 19.2 Å². The first-order valence-electron chi connectivity index (χ1n) is 6.41. The molecule has 2 rings (SSSR count). The zero-order valence-electron chi connectivity index (χ0n) is 10.9. The zero-order valence-corrected chi connectivity index (χ0v) is 10.9. The van der Waals surface area contributed by atoms with Crippen molar-refractivity contribution in [3.8, 4) is 17.0 Å². The molecule has 0 bridgehead atoms. The van der Waals surface area contributed by atoms with E-state index in [9.17, 15) is 4.39 Å². The largest absolute Gasteiger partial charge is 0.491 e. The predicted molar refractivity (Wildman–Crippen MR) is 72.5 cm³/mol. The maximum absolute atomic E-state index is 13.8. The van der Waals surface area contributed by atoms with E-state index in [0.29, 0.717) is 13.2 Å². The van der Waals surface area contributed by atoms with Gasteiger partial charge in [0.15, 0.2) is 11.6 Å². The van der Waals surface area contributed by atoms with Crippen LogP contribution in [-0.4, -0.2) is 23.1 Å². The maximum atomic E-state index is 13.8. The van der Waals surface area contributed by atoms with Crippen LogP contribution in [0, 0.1) is 5.82 Å². The second-order valence-electron chi connectivity index (χ2n) is 4.21. The number of hydrogen-bond acceptors (Lipinski definition) is 3. The van der Waals surface area contributed by atoms with Crippen molar-refractivity contribution in [1.82, 2.24) is 9.97 Å². The number of rotatable bonds is 6. The van der Waals surface area contributed by atoms with Gasteiger partial charge in [-0.25, -0.2) is 9.37 Å². The first-order valence-corrected chi connectivity index (χ1v) is 6.41. The van der Waals surface area contributed by atoms with Crippen molar-refractivity contribution in [2.24, 2.45) is 5.73 Å². The molecular weight excluding hydrogens is 245 g/mol. The lowest BCUT2D eigenvalue weighted by atomic mass is 10.1. The summed E-state index contributed by atoms with van der Waals surface area (Å²) >= 11 is 0. The van der Waals surface area contributed by atoms with Gasteiger partial charge in [0, 0.05) is 12.0 Å². The van der Waals surface area contributed by atoms with Crippen LogP contribution in [0.25, 0.3) is 11.3 Å². The Bertz CT molecular complexity index is 539. The molecule has 3 N–H and O–H groups in total. The van der Waals surface area contributed by atoms with Gasteiger partial charge in [0.25, 0.3) is 0 Å². The van der Waals surface area contributed by atoms with Gasteiger partial charge in [-0.05, 0) is 38.1 Å². The molecule has 19 heavy (non-hydrogen) atoms. The Morgan fingerprint density at radius 1 is 1.42 bits per heavy atom. The van der Waals surface area contributed by atoms with Crippen molar-refractivity contribution in [3.63, 3.8) is 0 Å². The number of aromatic nitrogens is 2. The number of halogens is 1. The van der Waals surface area contributed by atoms with Gasteiger partial charge in [0.05, 0.1) is 18.5 Å². The minimum atomic E-state index is -0.363. The molecule has 0 unspecified atom stereocenters. The van der Waals surface area contributed by atoms with E-state index in [-0.39, 0.29) is 11.6 Å². The topological polar surface area (TPSA) is 63.9 Å². The molecule has 1 aromatic carbocycles. The summed E-state index contributed by atoms with van der Waals surface area (Å²) in [6.07, 6.45) is 3.39. The van der Waals surface area contributed by atoms with Gasteiger partial charge in [-0.2, -0.15) is 0 Å². The quantitative estimate of drug-likeness (QED) is 0.841. The SMILES string of the molecule is CCOc1ccc(-c2cnc(CCCN)[nH]2)cc1F. The normalized spacial score (nSPS) is 10.7. The lowest BCUT2D eigenvalue weighted by molar-refractivity contribution is 0.321. The molecule has 0 aliphatic carbocycles. The molecule has 2 aromatic rings. The number of aryl methyl sites for hydroxylation is 1. The summed E-state index contributed by atoms with van der Waals surface area (Å²) in [5.74, 6) is 0.779. The number of benzene rings is 1. The average Bonchev–Trinajstić information content (AvgIpc) is 2.88. The fourth-order valence-corrected chi connectivity index (χ4v) is 1.85. The van der Waals surface area contributed by atoms with Crippen molar-refractivity contribution >= 4 is 0 Å². The van der Waals surface area contributed by atoms with Crippen LogP contribution in [0.5, 0.6) is 5.75 Å². The molecule has 4 nitrogen and oxygen atoms in total. The molecule has 0 fully saturated rings. The summed E-state index contributed by atoms with van der Waals surface area (Å²) in [7, 11) is 0. The molecule has 0 saturated heterocycles. The van der Waals surface area contributed by atoms with E-state index >= 15 is 0 Å². The number of H-pyrrole nitrogens is 1. The number of nitrogens with zero attached hydrogens (tertiary/aromatic N) is 1. The fourth-order valence-electron chi connectivity index (χ4n) is 1.85. The second-order valence-corrected chi connectivity index (χ2v) is 4.21. The van der Waals surface area contributed by atoms with Crippen molar-refractivity contribution in [1.29, 1.82) is 0 Å². The van der Waals surface area contributed by atoms with Gasteiger partial charge in [-0.3, -0.25) is 0 Å². The smallest absolute Gasteiger partial charge is 0.165 e. The molecular formula is C14H18FN3O. The highest BCUT2D eigenvalue weighted by atomic mass is 19.1. The van der Waals surface area contributed by atoms with Gasteiger partial charge in [-0.1, -0.05) is 0 Å². The Morgan fingerprint density at radius 3 is 2.95 bits per heavy atom. The molecule has 1 aromatic heterocycles. The number of aromatic amines is 1. The third kappa shape index (κ3) is 3.32. The van der Waals surface area contributed by atoms with E-state index in [2.05, 4.69) is 9.97 Å². The first kappa shape index (κ1) is 13.5. The van der Waals surface area contributed by atoms with Gasteiger partial charge < -0.3 is 15.5 Å². The van der Waals surface area contributed by atoms with Crippen molar-refractivity contribution in [2.75, 3.05) is 13.2 Å². The third-order valence-electron chi connectivity index (χ3n) is 2.79. The lowest BCUT2D eigenvalue weighted by Gasteiger charge is -2.05. The van der Waals surface area contributed by atoms with Crippen LogP contribution in [-0.2, 0) is 6.42 Å². The van der Waals surface area contributed by atoms with Crippen LogP contribution in [0.3, 0.4) is 0 Å². The summed E-state index contributed by atoms with van der Waals surface area (Å²) in [6, 6.07) is 4.90. The van der Waals surface area contributed by atoms with E-state index in [4.69, 9.17) is 10.5 Å². The van der Waals surface area contributed by atoms with Crippen molar-refractivity contribution in [2.45, 2.75) is 19.8 Å². The molecule has 0 spiro atoms. The lowest BCUT2D eigenvalue weighted by Crippen LogP contribution is -2.01. The molecule has 102 valence electrons. The van der Waals surface area contributed by atoms with E-state index < -0.39 is 0 Å². The van der Waals surface area contributed by atoms with Gasteiger partial charge in [0.1, 0.15) is 5.82 Å². The summed E-state index contributed by atoms with van der Waals surface area (Å²) in [5.41, 5.74) is 7.01. The van der Waals surface area contributed by atoms with Gasteiger partial charge in [-0.15, -0.1) is 0 Å². The minimum absolute atomic E-state index is 0.272. The van der Waals surface area contributed by atoms with Crippen LogP contribution in [0.4, 0.5) is 4.39 Å². The Labute approximate surface area is 111 Å². The molecule has 0 amide bonds. The summed E-state index contributed by atoms with van der Waals surface area (Å²) in [6.45, 7) is 2.91. The third-order valence-corrected chi connectivity index (χ3v) is 2.79. The van der Waals surface area contributed by atoms with Crippen LogP contribution >= 0.6 is 0 Å². The van der Waals surface area contributed by atoms with Crippen LogP contribution < -0.4 is 10.5 Å². The molecule has 0 aliphatic heterocycles. The molecule has 1 heterocycles.